The van der Waals surface area contributed by atoms with Crippen molar-refractivity contribution in [2.24, 2.45) is 5.92 Å². The van der Waals surface area contributed by atoms with Crippen LogP contribution in [0.1, 0.15) is 84.8 Å². The molecule has 3 amide bonds. The number of imidazole rings is 1. The fourth-order valence-corrected chi connectivity index (χ4v) is 5.50. The first kappa shape index (κ1) is 27.3. The summed E-state index contributed by atoms with van der Waals surface area (Å²) in [5, 5.41) is 16.8. The second kappa shape index (κ2) is 9.62. The van der Waals surface area contributed by atoms with Gasteiger partial charge in [0.2, 0.25) is 5.92 Å². The second-order valence-corrected chi connectivity index (χ2v) is 11.4. The second-order valence-electron chi connectivity index (χ2n) is 11.4. The van der Waals surface area contributed by atoms with Crippen molar-refractivity contribution in [2.45, 2.75) is 81.6 Å². The Kier molecular flexibility index (Phi) is 6.41. The van der Waals surface area contributed by atoms with Gasteiger partial charge in [-0.05, 0) is 55.3 Å². The molecule has 11 nitrogen and oxygen atoms in total. The Morgan fingerprint density at radius 3 is 2.61 bits per heavy atom. The number of fused-ring (bicyclic) bond motifs is 1. The van der Waals surface area contributed by atoms with E-state index in [1.54, 1.807) is 12.3 Å². The number of rotatable bonds is 7. The highest BCUT2D eigenvalue weighted by Crippen LogP contribution is 2.43. The van der Waals surface area contributed by atoms with Crippen molar-refractivity contribution >= 4 is 17.6 Å². The molecule has 1 saturated heterocycles. The van der Waals surface area contributed by atoms with E-state index < -0.39 is 42.2 Å². The zero-order chi connectivity index (χ0) is 29.2. The van der Waals surface area contributed by atoms with Crippen LogP contribution in [0.4, 0.5) is 26.7 Å². The maximum atomic E-state index is 14.0. The Bertz CT molecular complexity index is 1480. The molecule has 0 bridgehead atoms. The first-order chi connectivity index (χ1) is 19.3. The lowest BCUT2D eigenvalue weighted by Gasteiger charge is -2.33. The summed E-state index contributed by atoms with van der Waals surface area (Å²) < 4.78 is 74.4. The molecule has 0 unspecified atom stereocenters. The SMILES string of the molecule is C[C@@]1(C(F)(F)F)CN(Cc2cnn3cc([C@@H](NC(=O)c4nonc4C4CC4)C4CCC(F)(F)CC4)nc3c2)C(=O)N1. The number of amides is 3. The molecule has 16 heteroatoms. The Morgan fingerprint density at radius 1 is 1.22 bits per heavy atom. The zero-order valence-corrected chi connectivity index (χ0v) is 21.9. The Morgan fingerprint density at radius 2 is 1.95 bits per heavy atom. The molecule has 0 aromatic carbocycles. The molecule has 3 aromatic rings. The van der Waals surface area contributed by atoms with Crippen LogP contribution in [0.25, 0.3) is 5.65 Å². The van der Waals surface area contributed by atoms with Crippen molar-refractivity contribution in [3.05, 3.63) is 41.1 Å². The minimum Gasteiger partial charge on any atom is -0.342 e. The predicted molar refractivity (Wildman–Crippen MR) is 130 cm³/mol. The van der Waals surface area contributed by atoms with Gasteiger partial charge in [0, 0.05) is 25.3 Å². The summed E-state index contributed by atoms with van der Waals surface area (Å²) in [4.78, 5) is 31.1. The average Bonchev–Trinajstić information content (AvgIpc) is 3.33. The molecule has 220 valence electrons. The maximum Gasteiger partial charge on any atom is 0.413 e. The number of hydrogen-bond donors (Lipinski definition) is 2. The molecular formula is C25H27F5N8O3. The van der Waals surface area contributed by atoms with Crippen molar-refractivity contribution in [3.8, 4) is 0 Å². The molecule has 1 aliphatic heterocycles. The monoisotopic (exact) mass is 582 g/mol. The van der Waals surface area contributed by atoms with Crippen LogP contribution in [0.3, 0.4) is 0 Å². The zero-order valence-electron chi connectivity index (χ0n) is 21.9. The molecule has 2 atom stereocenters. The van der Waals surface area contributed by atoms with E-state index >= 15 is 0 Å². The maximum absolute atomic E-state index is 14.0. The third-order valence-corrected chi connectivity index (χ3v) is 8.10. The summed E-state index contributed by atoms with van der Waals surface area (Å²) in [7, 11) is 0. The minimum atomic E-state index is -4.62. The summed E-state index contributed by atoms with van der Waals surface area (Å²) in [5.74, 6) is -3.58. The predicted octanol–water partition coefficient (Wildman–Crippen LogP) is 4.13. The highest BCUT2D eigenvalue weighted by Gasteiger charge is 2.57. The fraction of sp³-hybridized carbons (Fsp3) is 0.600. The molecule has 6 rings (SSSR count). The molecule has 3 aliphatic rings. The first-order valence-electron chi connectivity index (χ1n) is 13.3. The van der Waals surface area contributed by atoms with E-state index in [-0.39, 0.29) is 49.8 Å². The van der Waals surface area contributed by atoms with E-state index in [9.17, 15) is 31.5 Å². The smallest absolute Gasteiger partial charge is 0.342 e. The fourth-order valence-electron chi connectivity index (χ4n) is 5.50. The number of carbonyl (C=O) groups excluding carboxylic acids is 2. The van der Waals surface area contributed by atoms with Crippen LogP contribution < -0.4 is 10.6 Å². The van der Waals surface area contributed by atoms with Crippen molar-refractivity contribution in [1.29, 1.82) is 0 Å². The van der Waals surface area contributed by atoms with E-state index in [1.807, 2.05) is 5.32 Å². The molecule has 0 radical (unpaired) electrons. The van der Waals surface area contributed by atoms with Gasteiger partial charge in [-0.2, -0.15) is 18.3 Å². The van der Waals surface area contributed by atoms with Crippen LogP contribution in [-0.4, -0.2) is 65.9 Å². The Labute approximate surface area is 229 Å². The molecular weight excluding hydrogens is 555 g/mol. The largest absolute Gasteiger partial charge is 0.413 e. The lowest BCUT2D eigenvalue weighted by atomic mass is 9.81. The number of nitrogens with one attached hydrogen (secondary N) is 2. The number of carbonyl (C=O) groups is 2. The number of urea groups is 1. The van der Waals surface area contributed by atoms with Gasteiger partial charge in [0.05, 0.1) is 30.7 Å². The van der Waals surface area contributed by atoms with Crippen LogP contribution in [0, 0.1) is 5.92 Å². The van der Waals surface area contributed by atoms with E-state index in [2.05, 4.69) is 25.7 Å². The normalized spacial score (nSPS) is 24.0. The summed E-state index contributed by atoms with van der Waals surface area (Å²) in [5.41, 5.74) is -0.716. The molecule has 2 saturated carbocycles. The van der Waals surface area contributed by atoms with Gasteiger partial charge in [-0.15, -0.1) is 0 Å². The van der Waals surface area contributed by atoms with Crippen molar-refractivity contribution in [3.63, 3.8) is 0 Å². The average molecular weight is 583 g/mol. The molecule has 41 heavy (non-hydrogen) atoms. The third-order valence-electron chi connectivity index (χ3n) is 8.10. The van der Waals surface area contributed by atoms with Gasteiger partial charge in [-0.3, -0.25) is 4.79 Å². The molecule has 3 aromatic heterocycles. The number of halogens is 5. The quantitative estimate of drug-likeness (QED) is 0.401. The van der Waals surface area contributed by atoms with Crippen LogP contribution in [-0.2, 0) is 6.54 Å². The highest BCUT2D eigenvalue weighted by molar-refractivity contribution is 5.93. The number of aromatic nitrogens is 5. The summed E-state index contributed by atoms with van der Waals surface area (Å²) in [6, 6.07) is -0.0175. The highest BCUT2D eigenvalue weighted by atomic mass is 19.4. The Hall–Kier alpha value is -3.85. The van der Waals surface area contributed by atoms with Gasteiger partial charge < -0.3 is 15.5 Å². The number of alkyl halides is 5. The first-order valence-corrected chi connectivity index (χ1v) is 13.3. The Balaban J connectivity index is 1.25. The van der Waals surface area contributed by atoms with Gasteiger partial charge in [-0.25, -0.2) is 27.7 Å². The lowest BCUT2D eigenvalue weighted by molar-refractivity contribution is -0.183. The van der Waals surface area contributed by atoms with Gasteiger partial charge in [0.25, 0.3) is 5.91 Å². The van der Waals surface area contributed by atoms with Crippen LogP contribution in [0.5, 0.6) is 0 Å². The van der Waals surface area contributed by atoms with Gasteiger partial charge in [0.15, 0.2) is 16.9 Å². The molecule has 2 aliphatic carbocycles. The molecule has 2 N–H and O–H groups in total. The number of nitrogens with zero attached hydrogens (tertiary/aromatic N) is 6. The van der Waals surface area contributed by atoms with Crippen LogP contribution in [0.15, 0.2) is 23.1 Å². The van der Waals surface area contributed by atoms with E-state index in [0.29, 0.717) is 22.6 Å². The summed E-state index contributed by atoms with van der Waals surface area (Å²) in [6.45, 7) is 0.218. The number of hydrogen-bond acceptors (Lipinski definition) is 7. The summed E-state index contributed by atoms with van der Waals surface area (Å²) in [6.07, 6.45) is -0.259. The van der Waals surface area contributed by atoms with Crippen LogP contribution >= 0.6 is 0 Å². The van der Waals surface area contributed by atoms with E-state index in [0.717, 1.165) is 24.7 Å². The van der Waals surface area contributed by atoms with Crippen LogP contribution in [0.2, 0.25) is 0 Å². The van der Waals surface area contributed by atoms with Crippen molar-refractivity contribution in [1.82, 2.24) is 40.4 Å². The van der Waals surface area contributed by atoms with Crippen molar-refractivity contribution in [2.75, 3.05) is 6.54 Å². The molecule has 4 heterocycles. The van der Waals surface area contributed by atoms with Gasteiger partial charge in [-0.1, -0.05) is 5.16 Å². The van der Waals surface area contributed by atoms with E-state index in [4.69, 9.17) is 4.63 Å². The van der Waals surface area contributed by atoms with Crippen molar-refractivity contribution < 1.29 is 36.2 Å². The van der Waals surface area contributed by atoms with Gasteiger partial charge in [0.1, 0.15) is 5.69 Å². The standard InChI is InChI=1S/C25H27F5N8O3/c1-23(25(28,29)30)12-37(22(40)34-23)10-13-8-17-32-16(11-38(17)31-9-13)18(15-4-6-24(26,27)7-5-15)33-21(39)20-19(14-2-3-14)35-41-36-20/h8-9,11,14-15,18H,2-7,10,12H2,1H3,(H,33,39)(H,34,40)/t18-,23-/m0/s1. The lowest BCUT2D eigenvalue weighted by Crippen LogP contribution is -2.53. The summed E-state index contributed by atoms with van der Waals surface area (Å²) >= 11 is 0. The molecule has 0 spiro atoms. The minimum absolute atomic E-state index is 0.0533. The van der Waals surface area contributed by atoms with Gasteiger partial charge >= 0.3 is 12.2 Å². The topological polar surface area (TPSA) is 131 Å². The van der Waals surface area contributed by atoms with E-state index in [1.165, 1.54) is 10.7 Å². The molecule has 3 fully saturated rings. The third kappa shape index (κ3) is 5.30.